The summed E-state index contributed by atoms with van der Waals surface area (Å²) in [7, 11) is 1.61. The van der Waals surface area contributed by atoms with Crippen LogP contribution in [0.1, 0.15) is 61.7 Å². The number of nitrogens with one attached hydrogen (secondary N) is 2. The second kappa shape index (κ2) is 9.49. The maximum absolute atomic E-state index is 12.5. The highest BCUT2D eigenvalue weighted by molar-refractivity contribution is 5.95. The molecule has 0 radical (unpaired) electrons. The summed E-state index contributed by atoms with van der Waals surface area (Å²) >= 11 is 0. The van der Waals surface area contributed by atoms with Crippen LogP contribution in [0.2, 0.25) is 0 Å². The zero-order valence-corrected chi connectivity index (χ0v) is 17.1. The van der Waals surface area contributed by atoms with E-state index in [9.17, 15) is 9.59 Å². The average molecular weight is 400 g/mol. The molecule has 0 bridgehead atoms. The van der Waals surface area contributed by atoms with E-state index in [-0.39, 0.29) is 23.8 Å². The first-order valence-electron chi connectivity index (χ1n) is 9.97. The fourth-order valence-electron chi connectivity index (χ4n) is 3.40. The van der Waals surface area contributed by atoms with Gasteiger partial charge in [-0.05, 0) is 69.4 Å². The Balaban J connectivity index is 1.59. The van der Waals surface area contributed by atoms with Gasteiger partial charge in [-0.25, -0.2) is 0 Å². The van der Waals surface area contributed by atoms with Crippen LogP contribution in [0.4, 0.5) is 0 Å². The van der Waals surface area contributed by atoms with E-state index in [0.29, 0.717) is 5.75 Å². The maximum atomic E-state index is 12.5. The molecule has 29 heavy (non-hydrogen) atoms. The summed E-state index contributed by atoms with van der Waals surface area (Å²) in [5.41, 5.74) is 0.888. The molecule has 1 fully saturated rings. The van der Waals surface area contributed by atoms with Crippen molar-refractivity contribution < 1.29 is 23.5 Å². The molecule has 1 aromatic carbocycles. The SMILES string of the molecule is COc1cc([C@H](C)NC(=O)[C@H](C)NC(=O)c2ccco2)ccc1OC1CCCC1. The Morgan fingerprint density at radius 1 is 1.10 bits per heavy atom. The quantitative estimate of drug-likeness (QED) is 0.707. The molecule has 156 valence electrons. The largest absolute Gasteiger partial charge is 0.493 e. The van der Waals surface area contributed by atoms with Gasteiger partial charge in [-0.1, -0.05) is 6.07 Å². The molecule has 1 aliphatic rings. The Bertz CT molecular complexity index is 828. The van der Waals surface area contributed by atoms with Gasteiger partial charge in [0.2, 0.25) is 5.91 Å². The minimum atomic E-state index is -0.707. The predicted octanol–water partition coefficient (Wildman–Crippen LogP) is 3.61. The first-order valence-corrected chi connectivity index (χ1v) is 9.97. The lowest BCUT2D eigenvalue weighted by molar-refractivity contribution is -0.123. The zero-order chi connectivity index (χ0) is 20.8. The lowest BCUT2D eigenvalue weighted by Crippen LogP contribution is -2.45. The van der Waals surface area contributed by atoms with E-state index in [1.807, 2.05) is 25.1 Å². The van der Waals surface area contributed by atoms with Crippen LogP contribution in [0.25, 0.3) is 0 Å². The molecule has 1 aliphatic carbocycles. The van der Waals surface area contributed by atoms with Gasteiger partial charge in [0.05, 0.1) is 25.5 Å². The molecule has 1 saturated carbocycles. The van der Waals surface area contributed by atoms with Crippen molar-refractivity contribution in [3.63, 3.8) is 0 Å². The van der Waals surface area contributed by atoms with Gasteiger partial charge in [-0.3, -0.25) is 9.59 Å². The number of benzene rings is 1. The topological polar surface area (TPSA) is 89.8 Å². The summed E-state index contributed by atoms with van der Waals surface area (Å²) in [6.45, 7) is 3.51. The molecule has 2 aromatic rings. The lowest BCUT2D eigenvalue weighted by atomic mass is 10.1. The predicted molar refractivity (Wildman–Crippen MR) is 108 cm³/mol. The third-order valence-corrected chi connectivity index (χ3v) is 5.13. The lowest BCUT2D eigenvalue weighted by Gasteiger charge is -2.21. The second-order valence-corrected chi connectivity index (χ2v) is 7.34. The number of hydrogen-bond donors (Lipinski definition) is 2. The van der Waals surface area contributed by atoms with Crippen molar-refractivity contribution in [1.29, 1.82) is 0 Å². The minimum absolute atomic E-state index is 0.167. The molecule has 3 rings (SSSR count). The van der Waals surface area contributed by atoms with E-state index in [2.05, 4.69) is 10.6 Å². The van der Waals surface area contributed by atoms with Crippen LogP contribution in [0.5, 0.6) is 11.5 Å². The van der Waals surface area contributed by atoms with E-state index >= 15 is 0 Å². The van der Waals surface area contributed by atoms with Crippen LogP contribution in [0.15, 0.2) is 41.0 Å². The smallest absolute Gasteiger partial charge is 0.287 e. The number of furan rings is 1. The Kier molecular flexibility index (Phi) is 6.80. The van der Waals surface area contributed by atoms with Gasteiger partial charge in [0.15, 0.2) is 17.3 Å². The first kappa shape index (κ1) is 20.8. The third-order valence-electron chi connectivity index (χ3n) is 5.13. The summed E-state index contributed by atoms with van der Waals surface area (Å²) in [5.74, 6) is 0.818. The van der Waals surface area contributed by atoms with Crippen LogP contribution >= 0.6 is 0 Å². The molecule has 7 nitrogen and oxygen atoms in total. The van der Waals surface area contributed by atoms with Crippen molar-refractivity contribution in [3.8, 4) is 11.5 Å². The van der Waals surface area contributed by atoms with Crippen molar-refractivity contribution in [2.24, 2.45) is 0 Å². The average Bonchev–Trinajstić information content (AvgIpc) is 3.42. The summed E-state index contributed by atoms with van der Waals surface area (Å²) in [5, 5.41) is 5.53. The maximum Gasteiger partial charge on any atom is 0.287 e. The van der Waals surface area contributed by atoms with Gasteiger partial charge >= 0.3 is 0 Å². The number of rotatable bonds is 8. The monoisotopic (exact) mass is 400 g/mol. The molecule has 2 atom stereocenters. The molecular formula is C22H28N2O5. The molecule has 2 amide bonds. The van der Waals surface area contributed by atoms with Gasteiger partial charge in [0.1, 0.15) is 6.04 Å². The molecule has 0 spiro atoms. The number of amides is 2. The van der Waals surface area contributed by atoms with Crippen molar-refractivity contribution in [2.45, 2.75) is 57.7 Å². The fraction of sp³-hybridized carbons (Fsp3) is 0.455. The minimum Gasteiger partial charge on any atom is -0.493 e. The molecule has 0 aliphatic heterocycles. The van der Waals surface area contributed by atoms with Crippen LogP contribution in [0.3, 0.4) is 0 Å². The van der Waals surface area contributed by atoms with Crippen LogP contribution in [-0.2, 0) is 4.79 Å². The number of carbonyl (C=O) groups excluding carboxylic acids is 2. The van der Waals surface area contributed by atoms with Crippen molar-refractivity contribution in [2.75, 3.05) is 7.11 Å². The molecule has 7 heteroatoms. The van der Waals surface area contributed by atoms with E-state index in [1.54, 1.807) is 26.2 Å². The summed E-state index contributed by atoms with van der Waals surface area (Å²) in [6, 6.07) is 7.88. The van der Waals surface area contributed by atoms with Crippen LogP contribution in [-0.4, -0.2) is 31.1 Å². The van der Waals surface area contributed by atoms with E-state index in [0.717, 1.165) is 24.2 Å². The summed E-state index contributed by atoms with van der Waals surface area (Å²) in [6.07, 6.45) is 6.18. The highest BCUT2D eigenvalue weighted by Crippen LogP contribution is 2.33. The standard InChI is InChI=1S/C22H28N2O5/c1-14(23-21(25)15(2)24-22(26)19-9-6-12-28-19)16-10-11-18(20(13-16)27-3)29-17-7-4-5-8-17/h6,9-15,17H,4-5,7-8H2,1-3H3,(H,23,25)(H,24,26)/t14-,15-/m0/s1. The molecule has 0 unspecified atom stereocenters. The van der Waals surface area contributed by atoms with E-state index < -0.39 is 11.9 Å². The Hall–Kier alpha value is -2.96. The normalized spacial score (nSPS) is 16.1. The zero-order valence-electron chi connectivity index (χ0n) is 17.1. The van der Waals surface area contributed by atoms with Gasteiger partial charge < -0.3 is 24.5 Å². The number of ether oxygens (including phenoxy) is 2. The Morgan fingerprint density at radius 3 is 2.52 bits per heavy atom. The molecular weight excluding hydrogens is 372 g/mol. The summed E-state index contributed by atoms with van der Waals surface area (Å²) < 4.78 is 16.6. The first-order chi connectivity index (χ1) is 14.0. The Morgan fingerprint density at radius 2 is 1.86 bits per heavy atom. The molecule has 2 N–H and O–H groups in total. The fourth-order valence-corrected chi connectivity index (χ4v) is 3.40. The van der Waals surface area contributed by atoms with Gasteiger partial charge in [0.25, 0.3) is 5.91 Å². The van der Waals surface area contributed by atoms with Crippen molar-refractivity contribution in [1.82, 2.24) is 10.6 Å². The molecule has 1 heterocycles. The van der Waals surface area contributed by atoms with Crippen LogP contribution in [0, 0.1) is 0 Å². The van der Waals surface area contributed by atoms with Crippen molar-refractivity contribution >= 4 is 11.8 Å². The molecule has 1 aromatic heterocycles. The van der Waals surface area contributed by atoms with E-state index in [1.165, 1.54) is 19.1 Å². The highest BCUT2D eigenvalue weighted by Gasteiger charge is 2.22. The van der Waals surface area contributed by atoms with Gasteiger partial charge in [-0.15, -0.1) is 0 Å². The van der Waals surface area contributed by atoms with Crippen molar-refractivity contribution in [3.05, 3.63) is 47.9 Å². The summed E-state index contributed by atoms with van der Waals surface area (Å²) in [4.78, 5) is 24.5. The van der Waals surface area contributed by atoms with Gasteiger partial charge in [-0.2, -0.15) is 0 Å². The second-order valence-electron chi connectivity index (χ2n) is 7.34. The third kappa shape index (κ3) is 5.31. The number of hydrogen-bond acceptors (Lipinski definition) is 5. The van der Waals surface area contributed by atoms with Crippen LogP contribution < -0.4 is 20.1 Å². The Labute approximate surface area is 170 Å². The molecule has 0 saturated heterocycles. The number of carbonyl (C=O) groups is 2. The number of methoxy groups -OCH3 is 1. The van der Waals surface area contributed by atoms with Gasteiger partial charge in [0, 0.05) is 0 Å². The highest BCUT2D eigenvalue weighted by atomic mass is 16.5. The van der Waals surface area contributed by atoms with E-state index in [4.69, 9.17) is 13.9 Å².